The molecule has 0 bridgehead atoms. The van der Waals surface area contributed by atoms with Crippen LogP contribution in [-0.4, -0.2) is 23.9 Å². The maximum atomic E-state index is 12.9. The minimum Gasteiger partial charge on any atom is -0.200 e. The number of hydrogen-bond acceptors (Lipinski definition) is 0. The third-order valence-electron chi connectivity index (χ3n) is 2.25. The van der Waals surface area contributed by atoms with E-state index in [1.807, 2.05) is 0 Å². The Morgan fingerprint density at radius 3 is 1.39 bits per heavy atom. The molecule has 0 unspecified atom stereocenters. The zero-order valence-electron chi connectivity index (χ0n) is 9.39. The first kappa shape index (κ1) is 17.4. The van der Waals surface area contributed by atoms with Gasteiger partial charge in [0.05, 0.1) is 0 Å². The van der Waals surface area contributed by atoms with Crippen molar-refractivity contribution in [2.45, 2.75) is 50.6 Å². The minimum atomic E-state index is -6.78. The number of halogens is 9. The Morgan fingerprint density at radius 2 is 1.11 bits per heavy atom. The molecule has 0 aromatic rings. The second-order valence-electron chi connectivity index (χ2n) is 4.28. The largest absolute Gasteiger partial charge is 0.460 e. The highest BCUT2D eigenvalue weighted by Crippen LogP contribution is 2.54. The summed E-state index contributed by atoms with van der Waals surface area (Å²) in [5, 5.41) is 0. The molecule has 0 aromatic heterocycles. The molecule has 0 spiro atoms. The van der Waals surface area contributed by atoms with E-state index in [-0.39, 0.29) is 0 Å². The average molecular weight is 290 g/mol. The molecule has 18 heavy (non-hydrogen) atoms. The van der Waals surface area contributed by atoms with E-state index < -0.39 is 42.7 Å². The molecule has 0 N–H and O–H groups in total. The van der Waals surface area contributed by atoms with Crippen molar-refractivity contribution < 1.29 is 39.5 Å². The Hall–Kier alpha value is -0.630. The lowest BCUT2D eigenvalue weighted by Crippen LogP contribution is -2.60. The van der Waals surface area contributed by atoms with Gasteiger partial charge in [0.2, 0.25) is 0 Å². The Bertz CT molecular complexity index is 276. The maximum absolute atomic E-state index is 12.9. The monoisotopic (exact) mass is 290 g/mol. The van der Waals surface area contributed by atoms with Gasteiger partial charge in [-0.3, -0.25) is 0 Å². The van der Waals surface area contributed by atoms with Crippen LogP contribution in [0.4, 0.5) is 39.5 Å². The summed E-state index contributed by atoms with van der Waals surface area (Å²) in [5.41, 5.74) is 0. The summed E-state index contributed by atoms with van der Waals surface area (Å²) in [6.45, 7) is 2.69. The van der Waals surface area contributed by atoms with Gasteiger partial charge in [0, 0.05) is 6.42 Å². The van der Waals surface area contributed by atoms with Crippen LogP contribution in [0.3, 0.4) is 0 Å². The summed E-state index contributed by atoms with van der Waals surface area (Å²) >= 11 is 0. The quantitative estimate of drug-likeness (QED) is 0.632. The number of hydrogen-bond donors (Lipinski definition) is 0. The van der Waals surface area contributed by atoms with E-state index in [1.54, 1.807) is 0 Å². The molecule has 0 aliphatic rings. The fraction of sp³-hybridized carbons (Fsp3) is 1.00. The van der Waals surface area contributed by atoms with Crippen LogP contribution in [0.5, 0.6) is 0 Å². The molecule has 0 rings (SSSR count). The van der Waals surface area contributed by atoms with Gasteiger partial charge >= 0.3 is 23.9 Å². The zero-order chi connectivity index (χ0) is 15.0. The molecule has 0 radical (unpaired) electrons. The van der Waals surface area contributed by atoms with Gasteiger partial charge < -0.3 is 0 Å². The van der Waals surface area contributed by atoms with Crippen molar-refractivity contribution >= 4 is 0 Å². The second-order valence-corrected chi connectivity index (χ2v) is 4.28. The Balaban J connectivity index is 5.23. The van der Waals surface area contributed by atoms with Gasteiger partial charge in [0.15, 0.2) is 0 Å². The van der Waals surface area contributed by atoms with Crippen LogP contribution in [0.15, 0.2) is 0 Å². The lowest BCUT2D eigenvalue weighted by Gasteiger charge is -2.33. The minimum absolute atomic E-state index is 0.536. The van der Waals surface area contributed by atoms with E-state index in [1.165, 1.54) is 13.8 Å². The van der Waals surface area contributed by atoms with Gasteiger partial charge in [-0.2, -0.15) is 39.5 Å². The first-order valence-electron chi connectivity index (χ1n) is 4.87. The van der Waals surface area contributed by atoms with Crippen molar-refractivity contribution in [1.82, 2.24) is 0 Å². The summed E-state index contributed by atoms with van der Waals surface area (Å²) < 4.78 is 111. The summed E-state index contributed by atoms with van der Waals surface area (Å²) in [6, 6.07) is 0. The molecule has 0 aliphatic heterocycles. The molecule has 0 fully saturated rings. The molecule has 0 nitrogen and oxygen atoms in total. The Morgan fingerprint density at radius 1 is 0.722 bits per heavy atom. The van der Waals surface area contributed by atoms with E-state index in [0.29, 0.717) is 0 Å². The molecule has 0 aromatic carbocycles. The van der Waals surface area contributed by atoms with Crippen molar-refractivity contribution in [3.63, 3.8) is 0 Å². The van der Waals surface area contributed by atoms with Crippen molar-refractivity contribution in [2.75, 3.05) is 0 Å². The molecular weight excluding hydrogens is 279 g/mol. The van der Waals surface area contributed by atoms with Crippen LogP contribution in [0.1, 0.15) is 26.7 Å². The second kappa shape index (κ2) is 4.80. The Labute approximate surface area is 97.1 Å². The third kappa shape index (κ3) is 3.03. The molecule has 0 saturated heterocycles. The van der Waals surface area contributed by atoms with Gasteiger partial charge in [0.1, 0.15) is 0 Å². The lowest BCUT2D eigenvalue weighted by atomic mass is 9.96. The van der Waals surface area contributed by atoms with Gasteiger partial charge in [-0.1, -0.05) is 13.8 Å². The van der Waals surface area contributed by atoms with Crippen LogP contribution in [-0.2, 0) is 0 Å². The van der Waals surface area contributed by atoms with Crippen molar-refractivity contribution in [1.29, 1.82) is 0 Å². The van der Waals surface area contributed by atoms with Gasteiger partial charge in [0.25, 0.3) is 0 Å². The molecule has 0 atom stereocenters. The van der Waals surface area contributed by atoms with Crippen molar-refractivity contribution in [3.8, 4) is 0 Å². The molecule has 0 saturated carbocycles. The number of rotatable bonds is 5. The first-order valence-corrected chi connectivity index (χ1v) is 4.87. The fourth-order valence-electron chi connectivity index (χ4n) is 1.03. The van der Waals surface area contributed by atoms with Crippen LogP contribution in [0, 0.1) is 5.92 Å². The maximum Gasteiger partial charge on any atom is 0.460 e. The van der Waals surface area contributed by atoms with Gasteiger partial charge in [-0.15, -0.1) is 0 Å². The summed E-state index contributed by atoms with van der Waals surface area (Å²) in [4.78, 5) is 0. The van der Waals surface area contributed by atoms with Crippen LogP contribution in [0.2, 0.25) is 0 Å². The fourth-order valence-corrected chi connectivity index (χ4v) is 1.03. The van der Waals surface area contributed by atoms with E-state index in [2.05, 4.69) is 0 Å². The zero-order valence-corrected chi connectivity index (χ0v) is 9.39. The van der Waals surface area contributed by atoms with Crippen molar-refractivity contribution in [3.05, 3.63) is 0 Å². The van der Waals surface area contributed by atoms with Gasteiger partial charge in [-0.25, -0.2) is 0 Å². The van der Waals surface area contributed by atoms with E-state index in [4.69, 9.17) is 0 Å². The highest BCUT2D eigenvalue weighted by atomic mass is 19.4. The van der Waals surface area contributed by atoms with Crippen molar-refractivity contribution in [2.24, 2.45) is 5.92 Å². The highest BCUT2D eigenvalue weighted by molar-refractivity contribution is 5.00. The summed E-state index contributed by atoms with van der Waals surface area (Å²) in [7, 11) is 0. The normalized spacial score (nSPS) is 15.3. The first-order chi connectivity index (χ1) is 7.67. The van der Waals surface area contributed by atoms with Crippen LogP contribution < -0.4 is 0 Å². The van der Waals surface area contributed by atoms with Crippen LogP contribution >= 0.6 is 0 Å². The summed E-state index contributed by atoms with van der Waals surface area (Å²) in [5.74, 6) is -19.2. The van der Waals surface area contributed by atoms with E-state index >= 15 is 0 Å². The standard InChI is InChI=1S/C9H11F9/c1-5(2)3-4-6(10,11)7(12,13)8(14,15)9(16,17)18/h5H,3-4H2,1-2H3. The molecule has 0 heterocycles. The lowest BCUT2D eigenvalue weighted by molar-refractivity contribution is -0.396. The molecule has 110 valence electrons. The average Bonchev–Trinajstić information content (AvgIpc) is 2.12. The van der Waals surface area contributed by atoms with Crippen LogP contribution in [0.25, 0.3) is 0 Å². The molecular formula is C9H11F9. The molecule has 0 amide bonds. The predicted molar refractivity (Wildman–Crippen MR) is 45.0 cm³/mol. The van der Waals surface area contributed by atoms with E-state index in [9.17, 15) is 39.5 Å². The van der Waals surface area contributed by atoms with Gasteiger partial charge in [-0.05, 0) is 12.3 Å². The molecule has 9 heteroatoms. The SMILES string of the molecule is CC(C)CCC(F)(F)C(F)(F)C(F)(F)C(F)(F)F. The third-order valence-corrected chi connectivity index (χ3v) is 2.25. The smallest absolute Gasteiger partial charge is 0.200 e. The molecule has 0 aliphatic carbocycles. The predicted octanol–water partition coefficient (Wildman–Crippen LogP) is 4.89. The summed E-state index contributed by atoms with van der Waals surface area (Å²) in [6.07, 6.45) is -9.09. The highest BCUT2D eigenvalue weighted by Gasteiger charge is 2.81. The number of alkyl halides is 9. The Kier molecular flexibility index (Phi) is 4.64. The topological polar surface area (TPSA) is 0 Å². The van der Waals surface area contributed by atoms with E-state index in [0.717, 1.165) is 0 Å².